The standard InChI is InChI=1S/C20H12Cl2N6O/c21-15-7-6-12(8-16(15)22)17-9-18(27-26-17)20(29)25-19-13(10-23)11-24-28(19)14-4-2-1-3-5-14/h1-9,11H,(H,25,29)(H,26,27). The van der Waals surface area contributed by atoms with E-state index >= 15 is 0 Å². The largest absolute Gasteiger partial charge is 0.304 e. The van der Waals surface area contributed by atoms with Gasteiger partial charge in [0.2, 0.25) is 0 Å². The monoisotopic (exact) mass is 422 g/mol. The zero-order valence-corrected chi connectivity index (χ0v) is 16.2. The van der Waals surface area contributed by atoms with Gasteiger partial charge in [-0.05, 0) is 30.3 Å². The number of halogens is 2. The number of aromatic amines is 1. The molecule has 142 valence electrons. The van der Waals surface area contributed by atoms with E-state index in [0.717, 1.165) is 0 Å². The molecular formula is C20H12Cl2N6O. The maximum atomic E-state index is 12.7. The Balaban J connectivity index is 1.63. The molecule has 0 fully saturated rings. The topological polar surface area (TPSA) is 99.4 Å². The second-order valence-corrected chi connectivity index (χ2v) is 6.83. The minimum absolute atomic E-state index is 0.218. The van der Waals surface area contributed by atoms with Gasteiger partial charge in [-0.25, -0.2) is 4.68 Å². The summed E-state index contributed by atoms with van der Waals surface area (Å²) in [6.07, 6.45) is 1.40. The van der Waals surface area contributed by atoms with Gasteiger partial charge in [-0.2, -0.15) is 15.5 Å². The van der Waals surface area contributed by atoms with Crippen LogP contribution in [0.5, 0.6) is 0 Å². The minimum Gasteiger partial charge on any atom is -0.304 e. The lowest BCUT2D eigenvalue weighted by atomic mass is 10.1. The molecule has 2 N–H and O–H groups in total. The molecule has 9 heteroatoms. The fraction of sp³-hybridized carbons (Fsp3) is 0. The van der Waals surface area contributed by atoms with Gasteiger partial charge in [0.1, 0.15) is 17.3 Å². The normalized spacial score (nSPS) is 10.5. The van der Waals surface area contributed by atoms with Gasteiger partial charge in [-0.1, -0.05) is 47.5 Å². The molecule has 2 aromatic heterocycles. The average Bonchev–Trinajstić information content (AvgIpc) is 3.38. The quantitative estimate of drug-likeness (QED) is 0.497. The SMILES string of the molecule is N#Cc1cnn(-c2ccccc2)c1NC(=O)c1cc(-c2ccc(Cl)c(Cl)c2)n[nH]1. The number of hydrogen-bond acceptors (Lipinski definition) is 4. The van der Waals surface area contributed by atoms with Crippen LogP contribution in [0.25, 0.3) is 16.9 Å². The van der Waals surface area contributed by atoms with Gasteiger partial charge in [-0.15, -0.1) is 0 Å². The molecule has 2 heterocycles. The molecule has 0 saturated heterocycles. The number of anilines is 1. The van der Waals surface area contributed by atoms with Crippen LogP contribution in [0.1, 0.15) is 16.1 Å². The van der Waals surface area contributed by atoms with Gasteiger partial charge in [0, 0.05) is 5.56 Å². The number of para-hydroxylation sites is 1. The van der Waals surface area contributed by atoms with E-state index < -0.39 is 5.91 Å². The molecular weight excluding hydrogens is 411 g/mol. The van der Waals surface area contributed by atoms with Crippen LogP contribution in [0.3, 0.4) is 0 Å². The number of nitrogens with zero attached hydrogens (tertiary/aromatic N) is 4. The Bertz CT molecular complexity index is 1240. The first-order chi connectivity index (χ1) is 14.1. The number of aromatic nitrogens is 4. The molecule has 7 nitrogen and oxygen atoms in total. The predicted molar refractivity (Wildman–Crippen MR) is 110 cm³/mol. The van der Waals surface area contributed by atoms with Crippen LogP contribution in [-0.2, 0) is 0 Å². The third kappa shape index (κ3) is 3.72. The zero-order chi connectivity index (χ0) is 20.4. The van der Waals surface area contributed by atoms with Crippen molar-refractivity contribution in [1.82, 2.24) is 20.0 Å². The Kier molecular flexibility index (Phi) is 5.04. The highest BCUT2D eigenvalue weighted by atomic mass is 35.5. The average molecular weight is 423 g/mol. The van der Waals surface area contributed by atoms with E-state index in [0.29, 0.717) is 27.0 Å². The van der Waals surface area contributed by atoms with Crippen LogP contribution in [0.15, 0.2) is 60.8 Å². The van der Waals surface area contributed by atoms with Gasteiger partial charge in [0.05, 0.1) is 27.6 Å². The molecule has 0 bridgehead atoms. The zero-order valence-electron chi connectivity index (χ0n) is 14.7. The van der Waals surface area contributed by atoms with E-state index in [9.17, 15) is 10.1 Å². The summed E-state index contributed by atoms with van der Waals surface area (Å²) in [4.78, 5) is 12.7. The Hall–Kier alpha value is -3.60. The molecule has 2 aromatic carbocycles. The van der Waals surface area contributed by atoms with Crippen molar-refractivity contribution in [3.05, 3.63) is 82.1 Å². The highest BCUT2D eigenvalue weighted by molar-refractivity contribution is 6.42. The third-order valence-corrected chi connectivity index (χ3v) is 4.90. The summed E-state index contributed by atoms with van der Waals surface area (Å²) < 4.78 is 1.49. The van der Waals surface area contributed by atoms with E-state index in [1.807, 2.05) is 36.4 Å². The summed E-state index contributed by atoms with van der Waals surface area (Å²) in [7, 11) is 0. The van der Waals surface area contributed by atoms with Crippen molar-refractivity contribution in [1.29, 1.82) is 5.26 Å². The molecule has 4 rings (SSSR count). The first kappa shape index (κ1) is 18.7. The van der Waals surface area contributed by atoms with Crippen molar-refractivity contribution in [2.45, 2.75) is 0 Å². The lowest BCUT2D eigenvalue weighted by Gasteiger charge is -2.08. The van der Waals surface area contributed by atoms with E-state index in [1.54, 1.807) is 24.3 Å². The fourth-order valence-electron chi connectivity index (χ4n) is 2.73. The Morgan fingerprint density at radius 3 is 2.62 bits per heavy atom. The Labute approximate surface area is 175 Å². The number of H-pyrrole nitrogens is 1. The van der Waals surface area contributed by atoms with Crippen molar-refractivity contribution in [2.75, 3.05) is 5.32 Å². The van der Waals surface area contributed by atoms with Gasteiger partial charge >= 0.3 is 0 Å². The van der Waals surface area contributed by atoms with E-state index in [-0.39, 0.29) is 17.1 Å². The van der Waals surface area contributed by atoms with E-state index in [2.05, 4.69) is 20.6 Å². The molecule has 1 amide bonds. The van der Waals surface area contributed by atoms with Crippen LogP contribution < -0.4 is 5.32 Å². The molecule has 0 aliphatic rings. The molecule has 0 atom stereocenters. The second kappa shape index (κ2) is 7.80. The summed E-state index contributed by atoms with van der Waals surface area (Å²) in [5.41, 5.74) is 2.42. The molecule has 0 aliphatic carbocycles. The Morgan fingerprint density at radius 2 is 1.90 bits per heavy atom. The van der Waals surface area contributed by atoms with Crippen LogP contribution in [0.4, 0.5) is 5.82 Å². The van der Waals surface area contributed by atoms with Gasteiger partial charge < -0.3 is 5.32 Å². The lowest BCUT2D eigenvalue weighted by molar-refractivity contribution is 0.102. The molecule has 0 spiro atoms. The maximum absolute atomic E-state index is 12.7. The van der Waals surface area contributed by atoms with Crippen LogP contribution in [0, 0.1) is 11.3 Å². The third-order valence-electron chi connectivity index (χ3n) is 4.16. The number of hydrogen-bond donors (Lipinski definition) is 2. The summed E-state index contributed by atoms with van der Waals surface area (Å²) in [5, 5.41) is 24.0. The number of rotatable bonds is 4. The first-order valence-electron chi connectivity index (χ1n) is 8.42. The van der Waals surface area contributed by atoms with Crippen molar-refractivity contribution in [2.24, 2.45) is 0 Å². The Morgan fingerprint density at radius 1 is 1.10 bits per heavy atom. The smallest absolute Gasteiger partial charge is 0.274 e. The predicted octanol–water partition coefficient (Wildman–Crippen LogP) is 4.69. The number of nitriles is 1. The first-order valence-corrected chi connectivity index (χ1v) is 9.18. The highest BCUT2D eigenvalue weighted by Gasteiger charge is 2.18. The number of benzene rings is 2. The summed E-state index contributed by atoms with van der Waals surface area (Å²) in [6.45, 7) is 0. The second-order valence-electron chi connectivity index (χ2n) is 6.02. The highest BCUT2D eigenvalue weighted by Crippen LogP contribution is 2.28. The number of amides is 1. The van der Waals surface area contributed by atoms with Crippen LogP contribution in [-0.4, -0.2) is 25.9 Å². The number of nitrogens with one attached hydrogen (secondary N) is 2. The number of carbonyl (C=O) groups excluding carboxylic acids is 1. The fourth-order valence-corrected chi connectivity index (χ4v) is 3.03. The van der Waals surface area contributed by atoms with Gasteiger partial charge in [0.15, 0.2) is 5.82 Å². The molecule has 29 heavy (non-hydrogen) atoms. The molecule has 0 saturated carbocycles. The summed E-state index contributed by atoms with van der Waals surface area (Å²) in [6, 6.07) is 17.9. The molecule has 0 unspecified atom stereocenters. The van der Waals surface area contributed by atoms with Crippen molar-refractivity contribution >= 4 is 34.9 Å². The van der Waals surface area contributed by atoms with Crippen molar-refractivity contribution in [3.8, 4) is 23.0 Å². The number of carbonyl (C=O) groups is 1. The molecule has 0 radical (unpaired) electrons. The maximum Gasteiger partial charge on any atom is 0.274 e. The lowest BCUT2D eigenvalue weighted by Crippen LogP contribution is -2.16. The van der Waals surface area contributed by atoms with E-state index in [1.165, 1.54) is 10.9 Å². The van der Waals surface area contributed by atoms with Crippen molar-refractivity contribution < 1.29 is 4.79 Å². The molecule has 4 aromatic rings. The van der Waals surface area contributed by atoms with Crippen molar-refractivity contribution in [3.63, 3.8) is 0 Å². The van der Waals surface area contributed by atoms with Crippen LogP contribution >= 0.6 is 23.2 Å². The summed E-state index contributed by atoms with van der Waals surface area (Å²) >= 11 is 12.0. The van der Waals surface area contributed by atoms with Crippen LogP contribution in [0.2, 0.25) is 10.0 Å². The molecule has 0 aliphatic heterocycles. The summed E-state index contributed by atoms with van der Waals surface area (Å²) in [5.74, 6) is -0.188. The van der Waals surface area contributed by atoms with E-state index in [4.69, 9.17) is 23.2 Å². The van der Waals surface area contributed by atoms with Gasteiger partial charge in [-0.3, -0.25) is 9.89 Å². The minimum atomic E-state index is -0.460. The van der Waals surface area contributed by atoms with Gasteiger partial charge in [0.25, 0.3) is 5.91 Å².